The standard InChI is InChI=1S/C23H20N2O4/c1-15(28-19-6-4-3-5-7-19)22(26)24-17-10-13-21-20(14-17)25-23(29-21)16-8-11-18(27-2)12-9-16/h3-15H,1-2H3,(H,24,26)/t15-/m1/s1. The first kappa shape index (κ1) is 18.6. The number of nitrogens with one attached hydrogen (secondary N) is 1. The Morgan fingerprint density at radius 1 is 1.00 bits per heavy atom. The predicted octanol–water partition coefficient (Wildman–Crippen LogP) is 4.91. The molecular formula is C23H20N2O4. The summed E-state index contributed by atoms with van der Waals surface area (Å²) in [5.74, 6) is 1.67. The molecule has 0 spiro atoms. The number of carbonyl (C=O) groups is 1. The van der Waals surface area contributed by atoms with Crippen molar-refractivity contribution in [3.63, 3.8) is 0 Å². The number of nitrogens with zero attached hydrogens (tertiary/aromatic N) is 1. The number of hydrogen-bond donors (Lipinski definition) is 1. The van der Waals surface area contributed by atoms with E-state index in [-0.39, 0.29) is 5.91 Å². The van der Waals surface area contributed by atoms with Gasteiger partial charge in [-0.25, -0.2) is 4.98 Å². The summed E-state index contributed by atoms with van der Waals surface area (Å²) in [5, 5.41) is 2.86. The van der Waals surface area contributed by atoms with E-state index in [4.69, 9.17) is 13.9 Å². The van der Waals surface area contributed by atoms with E-state index in [0.717, 1.165) is 11.3 Å². The fourth-order valence-electron chi connectivity index (χ4n) is 2.86. The van der Waals surface area contributed by atoms with Crippen molar-refractivity contribution in [1.82, 2.24) is 4.98 Å². The second-order valence-electron chi connectivity index (χ2n) is 6.49. The van der Waals surface area contributed by atoms with Crippen LogP contribution in [0.1, 0.15) is 6.92 Å². The van der Waals surface area contributed by atoms with Crippen LogP contribution >= 0.6 is 0 Å². The zero-order valence-corrected chi connectivity index (χ0v) is 16.1. The minimum absolute atomic E-state index is 0.243. The highest BCUT2D eigenvalue weighted by Crippen LogP contribution is 2.27. The number of anilines is 1. The molecule has 1 atom stereocenters. The Hall–Kier alpha value is -3.80. The third kappa shape index (κ3) is 4.21. The first-order chi connectivity index (χ1) is 14.1. The van der Waals surface area contributed by atoms with Crippen LogP contribution in [0.4, 0.5) is 5.69 Å². The molecule has 0 bridgehead atoms. The van der Waals surface area contributed by atoms with Gasteiger partial charge in [0, 0.05) is 11.3 Å². The average molecular weight is 388 g/mol. The maximum absolute atomic E-state index is 12.4. The maximum Gasteiger partial charge on any atom is 0.265 e. The Balaban J connectivity index is 1.49. The monoisotopic (exact) mass is 388 g/mol. The van der Waals surface area contributed by atoms with Crippen molar-refractivity contribution in [2.45, 2.75) is 13.0 Å². The van der Waals surface area contributed by atoms with Crippen molar-refractivity contribution < 1.29 is 18.7 Å². The maximum atomic E-state index is 12.4. The Labute approximate surface area is 168 Å². The summed E-state index contributed by atoms with van der Waals surface area (Å²) in [7, 11) is 1.62. The number of carbonyl (C=O) groups excluding carboxylic acids is 1. The normalized spacial score (nSPS) is 11.8. The molecule has 1 N–H and O–H groups in total. The zero-order valence-electron chi connectivity index (χ0n) is 16.1. The lowest BCUT2D eigenvalue weighted by Gasteiger charge is -2.14. The molecule has 0 radical (unpaired) electrons. The molecule has 0 aliphatic carbocycles. The van der Waals surface area contributed by atoms with Crippen LogP contribution in [-0.2, 0) is 4.79 Å². The third-order valence-corrected chi connectivity index (χ3v) is 4.42. The highest BCUT2D eigenvalue weighted by atomic mass is 16.5. The van der Waals surface area contributed by atoms with Crippen molar-refractivity contribution >= 4 is 22.7 Å². The number of benzene rings is 3. The van der Waals surface area contributed by atoms with Gasteiger partial charge in [0.1, 0.15) is 17.0 Å². The van der Waals surface area contributed by atoms with Gasteiger partial charge in [0.25, 0.3) is 5.91 Å². The second-order valence-corrected chi connectivity index (χ2v) is 6.49. The molecule has 4 aromatic rings. The third-order valence-electron chi connectivity index (χ3n) is 4.42. The molecule has 6 heteroatoms. The largest absolute Gasteiger partial charge is 0.497 e. The molecule has 29 heavy (non-hydrogen) atoms. The quantitative estimate of drug-likeness (QED) is 0.508. The Morgan fingerprint density at radius 3 is 2.48 bits per heavy atom. The van der Waals surface area contributed by atoms with Crippen LogP contribution in [0, 0.1) is 0 Å². The minimum atomic E-state index is -0.639. The molecule has 146 valence electrons. The van der Waals surface area contributed by atoms with Gasteiger partial charge in [0.15, 0.2) is 11.7 Å². The molecule has 6 nitrogen and oxygen atoms in total. The highest BCUT2D eigenvalue weighted by Gasteiger charge is 2.16. The van der Waals surface area contributed by atoms with Gasteiger partial charge in [0.05, 0.1) is 7.11 Å². The van der Waals surface area contributed by atoms with Crippen LogP contribution in [0.3, 0.4) is 0 Å². The van der Waals surface area contributed by atoms with E-state index in [1.807, 2.05) is 54.6 Å². The first-order valence-corrected chi connectivity index (χ1v) is 9.20. The van der Waals surface area contributed by atoms with Gasteiger partial charge < -0.3 is 19.2 Å². The fourth-order valence-corrected chi connectivity index (χ4v) is 2.86. The minimum Gasteiger partial charge on any atom is -0.497 e. The van der Waals surface area contributed by atoms with Gasteiger partial charge in [0.2, 0.25) is 5.89 Å². The molecular weight excluding hydrogens is 368 g/mol. The lowest BCUT2D eigenvalue weighted by molar-refractivity contribution is -0.122. The number of methoxy groups -OCH3 is 1. The van der Waals surface area contributed by atoms with E-state index < -0.39 is 6.10 Å². The van der Waals surface area contributed by atoms with E-state index in [1.54, 1.807) is 32.2 Å². The Bertz CT molecular complexity index is 1120. The van der Waals surface area contributed by atoms with Crippen LogP contribution < -0.4 is 14.8 Å². The van der Waals surface area contributed by atoms with Crippen molar-refractivity contribution in [3.8, 4) is 23.0 Å². The van der Waals surface area contributed by atoms with Crippen LogP contribution in [0.25, 0.3) is 22.6 Å². The van der Waals surface area contributed by atoms with Gasteiger partial charge in [-0.15, -0.1) is 0 Å². The first-order valence-electron chi connectivity index (χ1n) is 9.20. The second kappa shape index (κ2) is 8.06. The van der Waals surface area contributed by atoms with Crippen molar-refractivity contribution in [2.24, 2.45) is 0 Å². The topological polar surface area (TPSA) is 73.6 Å². The van der Waals surface area contributed by atoms with Crippen molar-refractivity contribution in [1.29, 1.82) is 0 Å². The molecule has 4 rings (SSSR count). The molecule has 1 aromatic heterocycles. The summed E-state index contributed by atoms with van der Waals surface area (Å²) in [5.41, 5.74) is 2.77. The summed E-state index contributed by atoms with van der Waals surface area (Å²) in [4.78, 5) is 17.0. The highest BCUT2D eigenvalue weighted by molar-refractivity contribution is 5.95. The summed E-state index contributed by atoms with van der Waals surface area (Å²) < 4.78 is 16.7. The van der Waals surface area contributed by atoms with Gasteiger partial charge in [-0.1, -0.05) is 18.2 Å². The number of fused-ring (bicyclic) bond motifs is 1. The number of rotatable bonds is 6. The summed E-state index contributed by atoms with van der Waals surface area (Å²) in [6, 6.07) is 22.0. The molecule has 1 heterocycles. The average Bonchev–Trinajstić information content (AvgIpc) is 3.18. The summed E-state index contributed by atoms with van der Waals surface area (Å²) in [6.07, 6.45) is -0.639. The van der Waals surface area contributed by atoms with Crippen LogP contribution in [0.15, 0.2) is 77.2 Å². The smallest absolute Gasteiger partial charge is 0.265 e. The lowest BCUT2D eigenvalue weighted by atomic mass is 10.2. The molecule has 0 saturated carbocycles. The molecule has 0 saturated heterocycles. The van der Waals surface area contributed by atoms with Crippen molar-refractivity contribution in [2.75, 3.05) is 12.4 Å². The van der Waals surface area contributed by atoms with Gasteiger partial charge in [-0.3, -0.25) is 4.79 Å². The summed E-state index contributed by atoms with van der Waals surface area (Å²) in [6.45, 7) is 1.71. The van der Waals surface area contributed by atoms with Gasteiger partial charge >= 0.3 is 0 Å². The lowest BCUT2D eigenvalue weighted by Crippen LogP contribution is -2.30. The number of aromatic nitrogens is 1. The number of oxazole rings is 1. The van der Waals surface area contributed by atoms with Crippen LogP contribution in [-0.4, -0.2) is 24.1 Å². The number of amides is 1. The van der Waals surface area contributed by atoms with Gasteiger partial charge in [-0.05, 0) is 61.5 Å². The van der Waals surface area contributed by atoms with E-state index in [1.165, 1.54) is 0 Å². The van der Waals surface area contributed by atoms with Crippen LogP contribution in [0.5, 0.6) is 11.5 Å². The fraction of sp³-hybridized carbons (Fsp3) is 0.130. The number of hydrogen-bond acceptors (Lipinski definition) is 5. The van der Waals surface area contributed by atoms with E-state index in [0.29, 0.717) is 28.4 Å². The zero-order chi connectivity index (χ0) is 20.2. The number of para-hydroxylation sites is 1. The molecule has 0 unspecified atom stereocenters. The molecule has 3 aromatic carbocycles. The predicted molar refractivity (Wildman–Crippen MR) is 111 cm³/mol. The Morgan fingerprint density at radius 2 is 1.76 bits per heavy atom. The number of ether oxygens (including phenoxy) is 2. The van der Waals surface area contributed by atoms with E-state index >= 15 is 0 Å². The molecule has 0 fully saturated rings. The van der Waals surface area contributed by atoms with Crippen LogP contribution in [0.2, 0.25) is 0 Å². The van der Waals surface area contributed by atoms with Gasteiger partial charge in [-0.2, -0.15) is 0 Å². The SMILES string of the molecule is COc1ccc(-c2nc3cc(NC(=O)[C@@H](C)Oc4ccccc4)ccc3o2)cc1. The Kier molecular flexibility index (Phi) is 5.16. The summed E-state index contributed by atoms with van der Waals surface area (Å²) >= 11 is 0. The molecule has 0 aliphatic rings. The molecule has 0 aliphatic heterocycles. The van der Waals surface area contributed by atoms with E-state index in [2.05, 4.69) is 10.3 Å². The van der Waals surface area contributed by atoms with Crippen molar-refractivity contribution in [3.05, 3.63) is 72.8 Å². The van der Waals surface area contributed by atoms with E-state index in [9.17, 15) is 4.79 Å². The molecule has 1 amide bonds.